The molecule has 0 saturated carbocycles. The van der Waals surface area contributed by atoms with E-state index in [0.29, 0.717) is 6.54 Å². The molecule has 0 bridgehead atoms. The summed E-state index contributed by atoms with van der Waals surface area (Å²) < 4.78 is 0. The monoisotopic (exact) mass is 221 g/mol. The third kappa shape index (κ3) is 4.77. The number of benzene rings is 1. The van der Waals surface area contributed by atoms with Crippen LogP contribution in [0.3, 0.4) is 0 Å². The fraction of sp³-hybridized carbons (Fsp3) is 0.571. The molecule has 2 heteroatoms. The van der Waals surface area contributed by atoms with Crippen molar-refractivity contribution in [3.63, 3.8) is 0 Å². The highest BCUT2D eigenvalue weighted by Gasteiger charge is 2.18. The average molecular weight is 221 g/mol. The van der Waals surface area contributed by atoms with Crippen LogP contribution in [-0.2, 0) is 6.42 Å². The van der Waals surface area contributed by atoms with Crippen molar-refractivity contribution in [1.82, 2.24) is 5.32 Å². The molecule has 0 saturated heterocycles. The first-order chi connectivity index (χ1) is 7.53. The van der Waals surface area contributed by atoms with Crippen molar-refractivity contribution in [3.05, 3.63) is 35.9 Å². The topological polar surface area (TPSA) is 32.3 Å². The molecule has 1 atom stereocenters. The summed E-state index contributed by atoms with van der Waals surface area (Å²) in [5.41, 5.74) is 1.35. The molecule has 0 aliphatic carbocycles. The maximum absolute atomic E-state index is 9.52. The van der Waals surface area contributed by atoms with Gasteiger partial charge in [-0.15, -0.1) is 0 Å². The maximum Gasteiger partial charge on any atom is 0.0662 e. The average Bonchev–Trinajstić information content (AvgIpc) is 2.27. The molecule has 0 unspecified atom stereocenters. The van der Waals surface area contributed by atoms with Gasteiger partial charge in [0.2, 0.25) is 0 Å². The van der Waals surface area contributed by atoms with Crippen LogP contribution in [0.15, 0.2) is 30.3 Å². The molecule has 90 valence electrons. The lowest BCUT2D eigenvalue weighted by molar-refractivity contribution is 0.154. The van der Waals surface area contributed by atoms with Gasteiger partial charge in [0.15, 0.2) is 0 Å². The molecule has 2 nitrogen and oxygen atoms in total. The molecule has 0 fully saturated rings. The van der Waals surface area contributed by atoms with Crippen molar-refractivity contribution in [1.29, 1.82) is 0 Å². The highest BCUT2D eigenvalue weighted by Crippen LogP contribution is 2.12. The molecule has 0 radical (unpaired) electrons. The zero-order chi connectivity index (χ0) is 12.0. The molecule has 0 heterocycles. The molecule has 16 heavy (non-hydrogen) atoms. The van der Waals surface area contributed by atoms with Gasteiger partial charge in [0.25, 0.3) is 0 Å². The summed E-state index contributed by atoms with van der Waals surface area (Å²) in [6, 6.07) is 10.4. The van der Waals surface area contributed by atoms with Crippen LogP contribution in [0.5, 0.6) is 0 Å². The number of hydrogen-bond acceptors (Lipinski definition) is 2. The minimum absolute atomic E-state index is 0.0253. The molecule has 0 aliphatic heterocycles. The molecule has 1 rings (SSSR count). The van der Waals surface area contributed by atoms with Gasteiger partial charge in [-0.2, -0.15) is 0 Å². The second-order valence-electron chi connectivity index (χ2n) is 4.99. The third-order valence-electron chi connectivity index (χ3n) is 2.78. The molecule has 1 aromatic rings. The standard InChI is InChI=1S/C14H23NO/c1-4-13(16)11-15-14(2,3)10-12-8-6-5-7-9-12/h5-9,13,15-16H,4,10-11H2,1-3H3/t13-/m1/s1. The van der Waals surface area contributed by atoms with E-state index in [9.17, 15) is 5.11 Å². The van der Waals surface area contributed by atoms with Crippen LogP contribution in [0.25, 0.3) is 0 Å². The lowest BCUT2D eigenvalue weighted by Gasteiger charge is -2.27. The summed E-state index contributed by atoms with van der Waals surface area (Å²) in [5, 5.41) is 12.9. The first kappa shape index (κ1) is 13.2. The first-order valence-corrected chi connectivity index (χ1v) is 6.00. The maximum atomic E-state index is 9.52. The van der Waals surface area contributed by atoms with Gasteiger partial charge < -0.3 is 10.4 Å². The fourth-order valence-corrected chi connectivity index (χ4v) is 1.71. The van der Waals surface area contributed by atoms with Gasteiger partial charge in [0.1, 0.15) is 0 Å². The zero-order valence-electron chi connectivity index (χ0n) is 10.5. The Morgan fingerprint density at radius 2 is 1.88 bits per heavy atom. The van der Waals surface area contributed by atoms with Gasteiger partial charge >= 0.3 is 0 Å². The summed E-state index contributed by atoms with van der Waals surface area (Å²) in [6.07, 6.45) is 1.54. The quantitative estimate of drug-likeness (QED) is 0.773. The Hall–Kier alpha value is -0.860. The molecular formula is C14H23NO. The van der Waals surface area contributed by atoms with Crippen molar-refractivity contribution in [3.8, 4) is 0 Å². The Balaban J connectivity index is 2.45. The third-order valence-corrected chi connectivity index (χ3v) is 2.78. The molecule has 0 aromatic heterocycles. The van der Waals surface area contributed by atoms with E-state index in [1.54, 1.807) is 0 Å². The number of aliphatic hydroxyl groups excluding tert-OH is 1. The summed E-state index contributed by atoms with van der Waals surface area (Å²) in [6.45, 7) is 7.00. The first-order valence-electron chi connectivity index (χ1n) is 6.00. The largest absolute Gasteiger partial charge is 0.392 e. The summed E-state index contributed by atoms with van der Waals surface area (Å²) in [7, 11) is 0. The van der Waals surface area contributed by atoms with Crippen LogP contribution < -0.4 is 5.32 Å². The highest BCUT2D eigenvalue weighted by atomic mass is 16.3. The van der Waals surface area contributed by atoms with Crippen LogP contribution in [0.2, 0.25) is 0 Å². The predicted molar refractivity (Wildman–Crippen MR) is 68.5 cm³/mol. The summed E-state index contributed by atoms with van der Waals surface area (Å²) in [4.78, 5) is 0. The molecule has 0 spiro atoms. The van der Waals surface area contributed by atoms with Crippen LogP contribution >= 0.6 is 0 Å². The number of rotatable bonds is 6. The minimum atomic E-state index is -0.241. The van der Waals surface area contributed by atoms with Gasteiger partial charge in [0, 0.05) is 12.1 Å². The van der Waals surface area contributed by atoms with E-state index in [1.807, 2.05) is 13.0 Å². The van der Waals surface area contributed by atoms with E-state index in [1.165, 1.54) is 5.56 Å². The van der Waals surface area contributed by atoms with Gasteiger partial charge in [-0.3, -0.25) is 0 Å². The minimum Gasteiger partial charge on any atom is -0.392 e. The Bertz CT molecular complexity index is 295. The molecule has 2 N–H and O–H groups in total. The predicted octanol–water partition coefficient (Wildman–Crippen LogP) is 2.37. The van der Waals surface area contributed by atoms with E-state index in [-0.39, 0.29) is 11.6 Å². The lowest BCUT2D eigenvalue weighted by atomic mass is 9.94. The van der Waals surface area contributed by atoms with Gasteiger partial charge in [-0.05, 0) is 32.3 Å². The van der Waals surface area contributed by atoms with Crippen molar-refractivity contribution in [2.24, 2.45) is 0 Å². The molecule has 0 aliphatic rings. The summed E-state index contributed by atoms with van der Waals surface area (Å²) in [5.74, 6) is 0. The van der Waals surface area contributed by atoms with E-state index < -0.39 is 0 Å². The van der Waals surface area contributed by atoms with E-state index >= 15 is 0 Å². The lowest BCUT2D eigenvalue weighted by Crippen LogP contribution is -2.44. The zero-order valence-corrected chi connectivity index (χ0v) is 10.5. The number of β-amino-alcohol motifs (C(OH)–C–C–N with tert-alkyl or cyclic N) is 1. The molecule has 1 aromatic carbocycles. The molecular weight excluding hydrogens is 198 g/mol. The van der Waals surface area contributed by atoms with Crippen molar-refractivity contribution >= 4 is 0 Å². The van der Waals surface area contributed by atoms with E-state index in [2.05, 4.69) is 43.4 Å². The van der Waals surface area contributed by atoms with Crippen LogP contribution in [0.4, 0.5) is 0 Å². The van der Waals surface area contributed by atoms with E-state index in [4.69, 9.17) is 0 Å². The molecule has 0 amide bonds. The second-order valence-corrected chi connectivity index (χ2v) is 4.99. The Morgan fingerprint density at radius 1 is 1.25 bits per heavy atom. The Morgan fingerprint density at radius 3 is 2.44 bits per heavy atom. The SMILES string of the molecule is CC[C@@H](O)CNC(C)(C)Cc1ccccc1. The van der Waals surface area contributed by atoms with Gasteiger partial charge in [0.05, 0.1) is 6.10 Å². The highest BCUT2D eigenvalue weighted by molar-refractivity contribution is 5.17. The number of hydrogen-bond donors (Lipinski definition) is 2. The normalized spacial score (nSPS) is 13.8. The van der Waals surface area contributed by atoms with Crippen molar-refractivity contribution in [2.45, 2.75) is 45.3 Å². The smallest absolute Gasteiger partial charge is 0.0662 e. The van der Waals surface area contributed by atoms with Crippen molar-refractivity contribution in [2.75, 3.05) is 6.54 Å². The fourth-order valence-electron chi connectivity index (χ4n) is 1.71. The second kappa shape index (κ2) is 6.02. The Kier molecular flexibility index (Phi) is 4.97. The Labute approximate surface area is 98.7 Å². The van der Waals surface area contributed by atoms with Crippen LogP contribution in [0.1, 0.15) is 32.8 Å². The van der Waals surface area contributed by atoms with Crippen LogP contribution in [0, 0.1) is 0 Å². The van der Waals surface area contributed by atoms with Crippen molar-refractivity contribution < 1.29 is 5.11 Å². The van der Waals surface area contributed by atoms with E-state index in [0.717, 1.165) is 12.8 Å². The number of aliphatic hydroxyl groups is 1. The van der Waals surface area contributed by atoms with Gasteiger partial charge in [-0.1, -0.05) is 37.3 Å². The number of nitrogens with one attached hydrogen (secondary N) is 1. The summed E-state index contributed by atoms with van der Waals surface area (Å²) >= 11 is 0. The van der Waals surface area contributed by atoms with Crippen LogP contribution in [-0.4, -0.2) is 23.3 Å². The van der Waals surface area contributed by atoms with Gasteiger partial charge in [-0.25, -0.2) is 0 Å².